The van der Waals surface area contributed by atoms with Crippen LogP contribution < -0.4 is 5.43 Å². The van der Waals surface area contributed by atoms with Gasteiger partial charge in [-0.3, -0.25) is 5.43 Å². The van der Waals surface area contributed by atoms with Crippen molar-refractivity contribution in [3.05, 3.63) is 37.1 Å². The van der Waals surface area contributed by atoms with Gasteiger partial charge in [-0.25, -0.2) is 9.80 Å². The van der Waals surface area contributed by atoms with Crippen LogP contribution in [0.2, 0.25) is 0 Å². The minimum atomic E-state index is -0.498. The average Bonchev–Trinajstić information content (AvgIpc) is 3.05. The van der Waals surface area contributed by atoms with Crippen molar-refractivity contribution in [1.82, 2.24) is 10.4 Å². The highest BCUT2D eigenvalue weighted by Gasteiger charge is 2.35. The maximum Gasteiger partial charge on any atom is 0.429 e. The van der Waals surface area contributed by atoms with Gasteiger partial charge in [-0.15, -0.1) is 0 Å². The zero-order valence-corrected chi connectivity index (χ0v) is 11.4. The number of hydrogen-bond donors (Lipinski definition) is 1. The van der Waals surface area contributed by atoms with E-state index in [-0.39, 0.29) is 13.6 Å². The van der Waals surface area contributed by atoms with Gasteiger partial charge in [-0.1, -0.05) is 19.2 Å². The van der Waals surface area contributed by atoms with E-state index >= 15 is 0 Å². The number of hydrogen-bond acceptors (Lipinski definition) is 3. The first-order valence-electron chi connectivity index (χ1n) is 6.11. The van der Waals surface area contributed by atoms with E-state index in [2.05, 4.69) is 18.6 Å². The number of ether oxygens (including phenoxy) is 1. The van der Waals surface area contributed by atoms with Gasteiger partial charge in [-0.05, 0) is 45.8 Å². The zero-order valence-electron chi connectivity index (χ0n) is 11.4. The topological polar surface area (TPSA) is 41.6 Å². The minimum Gasteiger partial charge on any atom is -0.442 e. The van der Waals surface area contributed by atoms with Crippen molar-refractivity contribution in [3.8, 4) is 0 Å². The maximum atomic E-state index is 12.0. The van der Waals surface area contributed by atoms with Crippen LogP contribution in [0.15, 0.2) is 37.1 Å². The van der Waals surface area contributed by atoms with E-state index in [0.29, 0.717) is 0 Å². The Morgan fingerprint density at radius 3 is 2.44 bits per heavy atom. The normalized spacial score (nSPS) is 15.8. The van der Waals surface area contributed by atoms with E-state index in [0.717, 1.165) is 18.5 Å². The molecule has 0 saturated heterocycles. The van der Waals surface area contributed by atoms with Crippen LogP contribution in [0.3, 0.4) is 0 Å². The fourth-order valence-electron chi connectivity index (χ4n) is 1.35. The molecular weight excluding hydrogens is 228 g/mol. The summed E-state index contributed by atoms with van der Waals surface area (Å²) in [7, 11) is 0. The van der Waals surface area contributed by atoms with E-state index < -0.39 is 5.60 Å². The van der Waals surface area contributed by atoms with Crippen LogP contribution >= 0.6 is 0 Å². The second-order valence-corrected chi connectivity index (χ2v) is 5.26. The van der Waals surface area contributed by atoms with E-state index in [1.54, 1.807) is 18.2 Å². The summed E-state index contributed by atoms with van der Waals surface area (Å²) in [6.45, 7) is 12.9. The van der Waals surface area contributed by atoms with Crippen molar-refractivity contribution in [2.75, 3.05) is 0 Å². The number of carbonyl (C=O) groups is 1. The first kappa shape index (κ1) is 14.4. The second-order valence-electron chi connectivity index (χ2n) is 5.26. The third-order valence-electron chi connectivity index (χ3n) is 2.27. The van der Waals surface area contributed by atoms with Gasteiger partial charge in [0.25, 0.3) is 0 Å². The summed E-state index contributed by atoms with van der Waals surface area (Å²) < 4.78 is 5.36. The van der Waals surface area contributed by atoms with Crippen molar-refractivity contribution in [2.45, 2.75) is 45.3 Å². The molecule has 0 heterocycles. The fourth-order valence-corrected chi connectivity index (χ4v) is 1.35. The second kappa shape index (κ2) is 5.76. The number of nitrogens with one attached hydrogen (secondary N) is 1. The maximum absolute atomic E-state index is 12.0. The van der Waals surface area contributed by atoms with E-state index in [1.165, 1.54) is 5.01 Å². The van der Waals surface area contributed by atoms with Crippen LogP contribution in [0.1, 0.15) is 35.0 Å². The SMILES string of the molecule is C=C/C=C(\C=C)NN(C(=O)OC(C)(C)C)C1CC1.[HH]. The smallest absolute Gasteiger partial charge is 0.429 e. The molecule has 0 aromatic carbocycles. The molecule has 1 aliphatic carbocycles. The molecule has 4 heteroatoms. The van der Waals surface area contributed by atoms with Gasteiger partial charge in [0.15, 0.2) is 0 Å². The molecular formula is C14H24N2O2. The molecule has 0 aromatic heterocycles. The number of hydrazine groups is 1. The monoisotopic (exact) mass is 252 g/mol. The molecule has 0 atom stereocenters. The number of nitrogens with zero attached hydrogens (tertiary/aromatic N) is 1. The molecule has 0 aromatic rings. The van der Waals surface area contributed by atoms with E-state index in [1.807, 2.05) is 20.8 Å². The Hall–Kier alpha value is -1.71. The molecule has 0 unspecified atom stereocenters. The highest BCUT2D eigenvalue weighted by atomic mass is 16.6. The van der Waals surface area contributed by atoms with Crippen LogP contribution in [0.25, 0.3) is 0 Å². The summed E-state index contributed by atoms with van der Waals surface area (Å²) >= 11 is 0. The number of rotatable bonds is 5. The molecule has 4 nitrogen and oxygen atoms in total. The van der Waals surface area contributed by atoms with Crippen molar-refractivity contribution in [2.24, 2.45) is 0 Å². The first-order valence-corrected chi connectivity index (χ1v) is 6.11. The molecule has 0 bridgehead atoms. The quantitative estimate of drug-likeness (QED) is 0.602. The number of amides is 1. The molecule has 0 radical (unpaired) electrons. The van der Waals surface area contributed by atoms with Gasteiger partial charge < -0.3 is 4.74 Å². The molecule has 0 spiro atoms. The minimum absolute atomic E-state index is 0. The molecule has 1 fully saturated rings. The third kappa shape index (κ3) is 4.65. The molecule has 1 aliphatic rings. The van der Waals surface area contributed by atoms with Crippen molar-refractivity contribution in [1.29, 1.82) is 0 Å². The molecule has 0 aliphatic heterocycles. The third-order valence-corrected chi connectivity index (χ3v) is 2.27. The predicted molar refractivity (Wildman–Crippen MR) is 74.8 cm³/mol. The molecule has 1 N–H and O–H groups in total. The van der Waals surface area contributed by atoms with Gasteiger partial charge >= 0.3 is 6.09 Å². The summed E-state index contributed by atoms with van der Waals surface area (Å²) in [4.78, 5) is 12.0. The number of allylic oxidation sites excluding steroid dienone is 3. The Balaban J connectivity index is 0.00000324. The summed E-state index contributed by atoms with van der Waals surface area (Å²) in [6.07, 6.45) is 6.66. The van der Waals surface area contributed by atoms with Crippen molar-refractivity contribution < 1.29 is 11.0 Å². The number of carbonyl (C=O) groups excluding carboxylic acids is 1. The van der Waals surface area contributed by atoms with Crippen molar-refractivity contribution in [3.63, 3.8) is 0 Å². The summed E-state index contributed by atoms with van der Waals surface area (Å²) in [5.41, 5.74) is 3.25. The zero-order chi connectivity index (χ0) is 13.8. The van der Waals surface area contributed by atoms with Crippen LogP contribution in [0.5, 0.6) is 0 Å². The Labute approximate surface area is 110 Å². The molecule has 102 valence electrons. The molecule has 18 heavy (non-hydrogen) atoms. The highest BCUT2D eigenvalue weighted by Crippen LogP contribution is 2.27. The molecule has 1 rings (SSSR count). The lowest BCUT2D eigenvalue weighted by atomic mass is 10.2. The molecule has 1 amide bonds. The average molecular weight is 252 g/mol. The Morgan fingerprint density at radius 2 is 2.06 bits per heavy atom. The predicted octanol–water partition coefficient (Wildman–Crippen LogP) is 3.39. The summed E-state index contributed by atoms with van der Waals surface area (Å²) in [5, 5.41) is 1.53. The Morgan fingerprint density at radius 1 is 1.44 bits per heavy atom. The first-order chi connectivity index (χ1) is 8.37. The van der Waals surface area contributed by atoms with Crippen molar-refractivity contribution >= 4 is 6.09 Å². The standard InChI is InChI=1S/C14H22N2O2.H2/c1-6-8-11(7-2)15-16(12-9-10-12)13(17)18-14(3,4)5;/h6-8,12,15H,1-2,9-10H2,3-5H3;1H/b11-8+;. The Kier molecular flexibility index (Phi) is 4.59. The fraction of sp³-hybridized carbons (Fsp3) is 0.500. The van der Waals surface area contributed by atoms with E-state index in [4.69, 9.17) is 4.74 Å². The highest BCUT2D eigenvalue weighted by molar-refractivity contribution is 5.68. The van der Waals surface area contributed by atoms with Crippen LogP contribution in [-0.2, 0) is 4.74 Å². The summed E-state index contributed by atoms with van der Waals surface area (Å²) in [5.74, 6) is 0. The molecule has 1 saturated carbocycles. The lowest BCUT2D eigenvalue weighted by molar-refractivity contribution is 0.0149. The van der Waals surface area contributed by atoms with Gasteiger partial charge in [0.05, 0.1) is 11.7 Å². The Bertz CT molecular complexity index is 368. The summed E-state index contributed by atoms with van der Waals surface area (Å²) in [6, 6.07) is 0.202. The van der Waals surface area contributed by atoms with Gasteiger partial charge in [0.2, 0.25) is 0 Å². The van der Waals surface area contributed by atoms with E-state index in [9.17, 15) is 4.79 Å². The van der Waals surface area contributed by atoms with Gasteiger partial charge in [0, 0.05) is 1.43 Å². The lowest BCUT2D eigenvalue weighted by Gasteiger charge is -2.28. The van der Waals surface area contributed by atoms with Crippen LogP contribution in [-0.4, -0.2) is 22.7 Å². The lowest BCUT2D eigenvalue weighted by Crippen LogP contribution is -2.46. The van der Waals surface area contributed by atoms with Gasteiger partial charge in [0.1, 0.15) is 5.60 Å². The van der Waals surface area contributed by atoms with Gasteiger partial charge in [-0.2, -0.15) is 0 Å². The van der Waals surface area contributed by atoms with Crippen LogP contribution in [0.4, 0.5) is 4.79 Å². The largest absolute Gasteiger partial charge is 0.442 e. The van der Waals surface area contributed by atoms with Crippen LogP contribution in [0, 0.1) is 0 Å².